The average Bonchev–Trinajstić information content (AvgIpc) is 3.97. The number of fused-ring (bicyclic) bond motifs is 4. The van der Waals surface area contributed by atoms with Crippen LogP contribution in [-0.2, 0) is 19.2 Å². The van der Waals surface area contributed by atoms with Gasteiger partial charge in [-0.1, -0.05) is 0 Å². The number of piperazine rings is 2. The smallest absolute Gasteiger partial charge is 0.248 e. The van der Waals surface area contributed by atoms with Crippen LogP contribution in [0, 0.1) is 22.7 Å². The van der Waals surface area contributed by atoms with Crippen molar-refractivity contribution >= 4 is 35.2 Å². The molecular formula is C34H45N11O5. The number of carbonyl (C=O) groups is 5. The number of anilines is 1. The van der Waals surface area contributed by atoms with Gasteiger partial charge < -0.3 is 36.8 Å². The maximum absolute atomic E-state index is 12.9. The van der Waals surface area contributed by atoms with Crippen molar-refractivity contribution in [1.29, 1.82) is 10.5 Å². The molecule has 16 nitrogen and oxygen atoms in total. The Hall–Kier alpha value is -4.61. The Bertz CT molecular complexity index is 1610. The van der Waals surface area contributed by atoms with Crippen LogP contribution < -0.4 is 22.1 Å². The normalized spacial score (nSPS) is 29.9. The van der Waals surface area contributed by atoms with E-state index in [0.717, 1.165) is 37.9 Å². The van der Waals surface area contributed by atoms with E-state index >= 15 is 0 Å². The fourth-order valence-corrected chi connectivity index (χ4v) is 8.44. The first kappa shape index (κ1) is 35.2. The third-order valence-corrected chi connectivity index (χ3v) is 11.1. The fraction of sp³-hybridized carbons (Fsp3) is 0.618. The van der Waals surface area contributed by atoms with Gasteiger partial charge in [-0.25, -0.2) is 0 Å². The molecule has 4 bridgehead atoms. The van der Waals surface area contributed by atoms with E-state index < -0.39 is 24.0 Å². The minimum absolute atomic E-state index is 0.00729. The van der Waals surface area contributed by atoms with Crippen molar-refractivity contribution in [3.05, 3.63) is 29.8 Å². The summed E-state index contributed by atoms with van der Waals surface area (Å²) in [5, 5.41) is 18.2. The second kappa shape index (κ2) is 14.3. The van der Waals surface area contributed by atoms with E-state index in [0.29, 0.717) is 51.1 Å². The molecule has 266 valence electrons. The van der Waals surface area contributed by atoms with Gasteiger partial charge >= 0.3 is 0 Å². The van der Waals surface area contributed by atoms with Crippen LogP contribution >= 0.6 is 0 Å². The molecule has 16 heteroatoms. The molecule has 50 heavy (non-hydrogen) atoms. The number of nitrogens with zero attached hydrogens (tertiary/aromatic N) is 8. The maximum atomic E-state index is 12.9. The summed E-state index contributed by atoms with van der Waals surface area (Å²) in [5.74, 6) is -0.788. The van der Waals surface area contributed by atoms with Crippen molar-refractivity contribution in [2.75, 3.05) is 51.2 Å². The predicted molar refractivity (Wildman–Crippen MR) is 179 cm³/mol. The topological polar surface area (TPSA) is 230 Å². The lowest BCUT2D eigenvalue weighted by molar-refractivity contribution is -0.138. The Morgan fingerprint density at radius 2 is 1.28 bits per heavy atom. The summed E-state index contributed by atoms with van der Waals surface area (Å²) in [7, 11) is 1.83. The van der Waals surface area contributed by atoms with Crippen LogP contribution in [0.2, 0.25) is 0 Å². The standard InChI is InChI=1S/C20H24N6O3.C14H21N5O2/c21-9-14-2-1-7-25(14)19(28)16(22)11-24-10-15-8-17(24)20(29)26(15)13-5-3-12(4-6-13)18(23)27;1-17-10-5-12(14(17)21)18(7-10)8-11(16)13(20)19-4-2-3-9(19)6-15/h3-6,14-17H,1-2,7-8,10-11,22H2,(H2,23,27);9-12H,2-5,7-8,16H2,1H3/t14-,15?,16-,17-;9-,10?,11-,12-/m00/s1. The lowest BCUT2D eigenvalue weighted by Gasteiger charge is -2.35. The molecule has 6 N–H and O–H groups in total. The van der Waals surface area contributed by atoms with Crippen LogP contribution in [0.4, 0.5) is 5.69 Å². The molecule has 6 heterocycles. The molecule has 1 aromatic carbocycles. The van der Waals surface area contributed by atoms with E-state index in [2.05, 4.69) is 12.1 Å². The van der Waals surface area contributed by atoms with Crippen molar-refractivity contribution in [1.82, 2.24) is 24.5 Å². The molecule has 0 radical (unpaired) electrons. The molecule has 7 rings (SSSR count). The number of amides is 5. The molecule has 0 saturated carbocycles. The van der Waals surface area contributed by atoms with Gasteiger partial charge in [0.25, 0.3) is 0 Å². The number of rotatable bonds is 8. The Morgan fingerprint density at radius 1 is 0.800 bits per heavy atom. The highest BCUT2D eigenvalue weighted by Crippen LogP contribution is 2.36. The molecule has 6 aliphatic rings. The summed E-state index contributed by atoms with van der Waals surface area (Å²) in [5.41, 5.74) is 18.6. The molecule has 0 aromatic heterocycles. The van der Waals surface area contributed by atoms with Gasteiger partial charge in [0, 0.05) is 63.6 Å². The second-order valence-corrected chi connectivity index (χ2v) is 14.1. The number of primary amides is 1. The van der Waals surface area contributed by atoms with Gasteiger partial charge in [0.05, 0.1) is 42.3 Å². The first-order valence-corrected chi connectivity index (χ1v) is 17.3. The Labute approximate surface area is 291 Å². The summed E-state index contributed by atoms with van der Waals surface area (Å²) < 4.78 is 0. The molecule has 1 aromatic rings. The zero-order valence-corrected chi connectivity index (χ0v) is 28.3. The van der Waals surface area contributed by atoms with Gasteiger partial charge in [-0.15, -0.1) is 0 Å². The SMILES string of the molecule is CN1C(=O)[C@@H]2CC1CN2C[C@H](N)C(=O)N1CCC[C@H]1C#N.N#C[C@@H]1CCCN1C(=O)[C@@H](N)CN1CC2C[C@H]1C(=O)N2c1ccc(C(N)=O)cc1. The minimum Gasteiger partial charge on any atom is -0.366 e. The largest absolute Gasteiger partial charge is 0.366 e. The Balaban J connectivity index is 0.000000182. The first-order chi connectivity index (χ1) is 23.9. The van der Waals surface area contributed by atoms with Crippen molar-refractivity contribution in [3.8, 4) is 12.1 Å². The van der Waals surface area contributed by atoms with Gasteiger partial charge in [-0.2, -0.15) is 10.5 Å². The Morgan fingerprint density at radius 3 is 1.72 bits per heavy atom. The zero-order chi connectivity index (χ0) is 35.9. The second-order valence-electron chi connectivity index (χ2n) is 14.1. The zero-order valence-electron chi connectivity index (χ0n) is 28.3. The fourth-order valence-electron chi connectivity index (χ4n) is 8.44. The van der Waals surface area contributed by atoms with E-state index in [1.807, 2.05) is 16.8 Å². The Kier molecular flexibility index (Phi) is 10.1. The molecule has 0 spiro atoms. The van der Waals surface area contributed by atoms with E-state index in [1.165, 1.54) is 0 Å². The number of hydrogen-bond acceptors (Lipinski definition) is 11. The van der Waals surface area contributed by atoms with Crippen molar-refractivity contribution in [2.24, 2.45) is 17.2 Å². The van der Waals surface area contributed by atoms with Gasteiger partial charge in [-0.3, -0.25) is 33.8 Å². The van der Waals surface area contributed by atoms with Gasteiger partial charge in [0.15, 0.2) is 0 Å². The quantitative estimate of drug-likeness (QED) is 0.275. The number of nitriles is 2. The van der Waals surface area contributed by atoms with E-state index in [9.17, 15) is 29.2 Å². The van der Waals surface area contributed by atoms with Crippen LogP contribution in [-0.4, -0.2) is 149 Å². The predicted octanol–water partition coefficient (Wildman–Crippen LogP) is -1.84. The summed E-state index contributed by atoms with van der Waals surface area (Å²) in [6.07, 6.45) is 4.60. The summed E-state index contributed by atoms with van der Waals surface area (Å²) in [4.78, 5) is 71.9. The summed E-state index contributed by atoms with van der Waals surface area (Å²) in [6.45, 7) is 3.29. The van der Waals surface area contributed by atoms with Crippen LogP contribution in [0.5, 0.6) is 0 Å². The lowest BCUT2D eigenvalue weighted by atomic mass is 10.1. The van der Waals surface area contributed by atoms with E-state index in [-0.39, 0.29) is 53.8 Å². The van der Waals surface area contributed by atoms with Crippen LogP contribution in [0.25, 0.3) is 0 Å². The highest BCUT2D eigenvalue weighted by Gasteiger charge is 2.51. The molecule has 6 fully saturated rings. The van der Waals surface area contributed by atoms with Crippen LogP contribution in [0.15, 0.2) is 24.3 Å². The molecule has 6 saturated heterocycles. The number of hydrogen-bond donors (Lipinski definition) is 3. The number of benzene rings is 1. The van der Waals surface area contributed by atoms with Crippen molar-refractivity contribution < 1.29 is 24.0 Å². The van der Waals surface area contributed by atoms with Crippen LogP contribution in [0.1, 0.15) is 48.9 Å². The number of nitrogens with two attached hydrogens (primary N) is 3. The molecule has 2 unspecified atom stereocenters. The highest BCUT2D eigenvalue weighted by atomic mass is 16.2. The molecule has 6 aliphatic heterocycles. The molecular weight excluding hydrogens is 642 g/mol. The minimum atomic E-state index is -0.751. The third kappa shape index (κ3) is 6.52. The van der Waals surface area contributed by atoms with Gasteiger partial charge in [-0.05, 0) is 62.8 Å². The summed E-state index contributed by atoms with van der Waals surface area (Å²) in [6, 6.07) is 8.70. The molecule has 5 amide bonds. The molecule has 8 atom stereocenters. The van der Waals surface area contributed by atoms with E-state index in [1.54, 1.807) is 43.9 Å². The number of likely N-dealkylation sites (tertiary alicyclic amines) is 5. The maximum Gasteiger partial charge on any atom is 0.248 e. The number of likely N-dealkylation sites (N-methyl/N-ethyl adjacent to an activating group) is 1. The van der Waals surface area contributed by atoms with Gasteiger partial charge in [0.1, 0.15) is 12.1 Å². The highest BCUT2D eigenvalue weighted by molar-refractivity contribution is 6.02. The summed E-state index contributed by atoms with van der Waals surface area (Å²) >= 11 is 0. The van der Waals surface area contributed by atoms with Crippen LogP contribution in [0.3, 0.4) is 0 Å². The average molecular weight is 688 g/mol. The first-order valence-electron chi connectivity index (χ1n) is 17.3. The molecule has 0 aliphatic carbocycles. The third-order valence-electron chi connectivity index (χ3n) is 11.1. The van der Waals surface area contributed by atoms with Crippen molar-refractivity contribution in [2.45, 2.75) is 86.9 Å². The number of carbonyl (C=O) groups excluding carboxylic acids is 5. The van der Waals surface area contributed by atoms with Crippen molar-refractivity contribution in [3.63, 3.8) is 0 Å². The van der Waals surface area contributed by atoms with Gasteiger partial charge in [0.2, 0.25) is 29.5 Å². The van der Waals surface area contributed by atoms with E-state index in [4.69, 9.17) is 22.5 Å². The monoisotopic (exact) mass is 687 g/mol. The lowest BCUT2D eigenvalue weighted by Crippen LogP contribution is -2.56.